The van der Waals surface area contributed by atoms with E-state index in [1.807, 2.05) is 0 Å². The van der Waals surface area contributed by atoms with Crippen LogP contribution in [0.4, 0.5) is 0 Å². The van der Waals surface area contributed by atoms with Crippen molar-refractivity contribution in [2.24, 2.45) is 11.7 Å². The smallest absolute Gasteiger partial charge is 0.0204 e. The van der Waals surface area contributed by atoms with Gasteiger partial charge in [-0.25, -0.2) is 0 Å². The summed E-state index contributed by atoms with van der Waals surface area (Å²) < 4.78 is 1.19. The van der Waals surface area contributed by atoms with Crippen molar-refractivity contribution in [2.45, 2.75) is 39.7 Å². The van der Waals surface area contributed by atoms with Gasteiger partial charge in [0.15, 0.2) is 0 Å². The average molecular weight is 270 g/mol. The van der Waals surface area contributed by atoms with Crippen LogP contribution in [-0.2, 0) is 6.42 Å². The maximum Gasteiger partial charge on any atom is 0.0204 e. The predicted molar refractivity (Wildman–Crippen MR) is 70.0 cm³/mol. The molecule has 0 bridgehead atoms. The summed E-state index contributed by atoms with van der Waals surface area (Å²) in [4.78, 5) is 0. The molecule has 0 aromatic heterocycles. The number of nitrogens with two attached hydrogens (primary N) is 1. The van der Waals surface area contributed by atoms with Gasteiger partial charge in [-0.2, -0.15) is 0 Å². The molecule has 0 saturated heterocycles. The van der Waals surface area contributed by atoms with Gasteiger partial charge < -0.3 is 5.73 Å². The van der Waals surface area contributed by atoms with Crippen LogP contribution in [0.5, 0.6) is 0 Å². The summed E-state index contributed by atoms with van der Waals surface area (Å²) in [6.07, 6.45) is 2.21. The third kappa shape index (κ3) is 4.35. The van der Waals surface area contributed by atoms with E-state index >= 15 is 0 Å². The summed E-state index contributed by atoms with van der Waals surface area (Å²) in [7, 11) is 0. The van der Waals surface area contributed by atoms with Crippen molar-refractivity contribution in [3.63, 3.8) is 0 Å². The molecule has 84 valence electrons. The van der Waals surface area contributed by atoms with E-state index < -0.39 is 0 Å². The van der Waals surface area contributed by atoms with E-state index in [0.717, 1.165) is 12.8 Å². The van der Waals surface area contributed by atoms with Gasteiger partial charge in [-0.3, -0.25) is 0 Å². The molecule has 15 heavy (non-hydrogen) atoms. The Bertz CT molecular complexity index is 320. The van der Waals surface area contributed by atoms with Crippen molar-refractivity contribution in [2.75, 3.05) is 0 Å². The lowest BCUT2D eigenvalue weighted by Gasteiger charge is -2.14. The summed E-state index contributed by atoms with van der Waals surface area (Å²) in [5.41, 5.74) is 8.51. The lowest BCUT2D eigenvalue weighted by atomic mass is 9.94. The van der Waals surface area contributed by atoms with Crippen LogP contribution in [0.1, 0.15) is 31.4 Å². The highest BCUT2D eigenvalue weighted by atomic mass is 79.9. The molecule has 0 fully saturated rings. The van der Waals surface area contributed by atoms with Crippen LogP contribution in [0.2, 0.25) is 0 Å². The Labute approximate surface area is 101 Å². The lowest BCUT2D eigenvalue weighted by Crippen LogP contribution is -2.19. The molecule has 1 aromatic rings. The Balaban J connectivity index is 2.60. The van der Waals surface area contributed by atoms with Crippen LogP contribution >= 0.6 is 15.9 Å². The Morgan fingerprint density at radius 3 is 2.53 bits per heavy atom. The maximum atomic E-state index is 5.79. The molecular formula is C13H20BrN. The van der Waals surface area contributed by atoms with Crippen LogP contribution in [0.15, 0.2) is 22.7 Å². The molecule has 2 atom stereocenters. The van der Waals surface area contributed by atoms with E-state index in [4.69, 9.17) is 5.73 Å². The van der Waals surface area contributed by atoms with Gasteiger partial charge in [-0.1, -0.05) is 35.0 Å². The Hall–Kier alpha value is -0.340. The molecule has 0 aliphatic rings. The highest BCUT2D eigenvalue weighted by Gasteiger charge is 2.07. The molecule has 0 heterocycles. The first-order valence-corrected chi connectivity index (χ1v) is 6.29. The van der Waals surface area contributed by atoms with Crippen LogP contribution < -0.4 is 5.73 Å². The number of rotatable bonds is 4. The zero-order valence-electron chi connectivity index (χ0n) is 9.76. The Morgan fingerprint density at radius 1 is 1.33 bits per heavy atom. The Kier molecular flexibility index (Phi) is 4.81. The largest absolute Gasteiger partial charge is 0.328 e. The summed E-state index contributed by atoms with van der Waals surface area (Å²) >= 11 is 3.52. The average Bonchev–Trinajstić information content (AvgIpc) is 2.10. The molecule has 0 amide bonds. The summed E-state index contributed by atoms with van der Waals surface area (Å²) in [5.74, 6) is 0.658. The first-order valence-electron chi connectivity index (χ1n) is 5.49. The van der Waals surface area contributed by atoms with Gasteiger partial charge in [-0.05, 0) is 49.8 Å². The van der Waals surface area contributed by atoms with Gasteiger partial charge in [0.25, 0.3) is 0 Å². The minimum absolute atomic E-state index is 0.302. The third-order valence-electron chi connectivity index (χ3n) is 2.58. The monoisotopic (exact) mass is 269 g/mol. The predicted octanol–water partition coefficient (Wildman–Crippen LogP) is 3.67. The van der Waals surface area contributed by atoms with E-state index in [1.165, 1.54) is 15.6 Å². The third-order valence-corrected chi connectivity index (χ3v) is 3.47. The quantitative estimate of drug-likeness (QED) is 0.887. The Morgan fingerprint density at radius 2 is 2.00 bits per heavy atom. The molecule has 1 aromatic carbocycles. The number of benzene rings is 1. The van der Waals surface area contributed by atoms with Gasteiger partial charge in [-0.15, -0.1) is 0 Å². The van der Waals surface area contributed by atoms with Crippen molar-refractivity contribution in [1.29, 1.82) is 0 Å². The topological polar surface area (TPSA) is 26.0 Å². The normalized spacial score (nSPS) is 15.0. The van der Waals surface area contributed by atoms with Crippen molar-refractivity contribution in [1.82, 2.24) is 0 Å². The second kappa shape index (κ2) is 5.66. The van der Waals surface area contributed by atoms with Crippen molar-refractivity contribution in [3.05, 3.63) is 33.8 Å². The van der Waals surface area contributed by atoms with Crippen LogP contribution in [0.25, 0.3) is 0 Å². The molecule has 0 radical (unpaired) electrons. The van der Waals surface area contributed by atoms with E-state index in [2.05, 4.69) is 54.9 Å². The van der Waals surface area contributed by atoms with Gasteiger partial charge >= 0.3 is 0 Å². The summed E-state index contributed by atoms with van der Waals surface area (Å²) in [5, 5.41) is 0. The maximum absolute atomic E-state index is 5.79. The van der Waals surface area contributed by atoms with Gasteiger partial charge in [0.05, 0.1) is 0 Å². The zero-order valence-corrected chi connectivity index (χ0v) is 11.3. The number of hydrogen-bond acceptors (Lipinski definition) is 1. The molecule has 1 nitrogen and oxygen atoms in total. The van der Waals surface area contributed by atoms with Crippen molar-refractivity contribution < 1.29 is 0 Å². The van der Waals surface area contributed by atoms with Crippen LogP contribution in [0.3, 0.4) is 0 Å². The standard InChI is InChI=1S/C13H20BrN/c1-9(6-11(3)15)7-12-4-5-13(14)10(2)8-12/h4-5,8-9,11H,6-7,15H2,1-3H3. The van der Waals surface area contributed by atoms with Crippen molar-refractivity contribution >= 4 is 15.9 Å². The van der Waals surface area contributed by atoms with Gasteiger partial charge in [0.1, 0.15) is 0 Å². The first-order chi connectivity index (χ1) is 6.99. The molecule has 0 saturated carbocycles. The molecular weight excluding hydrogens is 250 g/mol. The number of aryl methyl sites for hydroxylation is 1. The van der Waals surface area contributed by atoms with Crippen LogP contribution in [-0.4, -0.2) is 6.04 Å². The highest BCUT2D eigenvalue weighted by molar-refractivity contribution is 9.10. The fourth-order valence-corrected chi connectivity index (χ4v) is 2.20. The SMILES string of the molecule is Cc1cc(CC(C)CC(C)N)ccc1Br. The lowest BCUT2D eigenvalue weighted by molar-refractivity contribution is 0.480. The number of hydrogen-bond donors (Lipinski definition) is 1. The highest BCUT2D eigenvalue weighted by Crippen LogP contribution is 2.20. The van der Waals surface area contributed by atoms with E-state index in [9.17, 15) is 0 Å². The molecule has 0 spiro atoms. The van der Waals surface area contributed by atoms with E-state index in [-0.39, 0.29) is 0 Å². The second-order valence-electron chi connectivity index (χ2n) is 4.61. The van der Waals surface area contributed by atoms with Gasteiger partial charge in [0.2, 0.25) is 0 Å². The fourth-order valence-electron chi connectivity index (χ4n) is 1.95. The number of halogens is 1. The first kappa shape index (κ1) is 12.7. The minimum atomic E-state index is 0.302. The second-order valence-corrected chi connectivity index (χ2v) is 5.46. The molecule has 0 aliphatic carbocycles. The molecule has 0 aliphatic heterocycles. The molecule has 2 unspecified atom stereocenters. The fraction of sp³-hybridized carbons (Fsp3) is 0.538. The van der Waals surface area contributed by atoms with Crippen molar-refractivity contribution in [3.8, 4) is 0 Å². The molecule has 1 rings (SSSR count). The molecule has 2 heteroatoms. The van der Waals surface area contributed by atoms with Crippen LogP contribution in [0, 0.1) is 12.8 Å². The summed E-state index contributed by atoms with van der Waals surface area (Å²) in [6.45, 7) is 6.47. The molecule has 2 N–H and O–H groups in total. The van der Waals surface area contributed by atoms with E-state index in [0.29, 0.717) is 12.0 Å². The minimum Gasteiger partial charge on any atom is -0.328 e. The summed E-state index contributed by atoms with van der Waals surface area (Å²) in [6, 6.07) is 6.87. The zero-order chi connectivity index (χ0) is 11.4. The van der Waals surface area contributed by atoms with Gasteiger partial charge in [0, 0.05) is 10.5 Å². The van der Waals surface area contributed by atoms with E-state index in [1.54, 1.807) is 0 Å².